The van der Waals surface area contributed by atoms with Crippen molar-refractivity contribution in [1.29, 1.82) is 0 Å². The van der Waals surface area contributed by atoms with Crippen LogP contribution in [0.15, 0.2) is 30.9 Å². The molecule has 7 nitrogen and oxygen atoms in total. The molecule has 1 aromatic carbocycles. The number of phenols is 1. The van der Waals surface area contributed by atoms with E-state index in [0.29, 0.717) is 25.4 Å². The summed E-state index contributed by atoms with van der Waals surface area (Å²) in [5.41, 5.74) is 0.0687. The van der Waals surface area contributed by atoms with Crippen LogP contribution in [0, 0.1) is 0 Å². The lowest BCUT2D eigenvalue weighted by Gasteiger charge is -2.09. The van der Waals surface area contributed by atoms with E-state index in [2.05, 4.69) is 17.2 Å². The SMILES string of the molecule is C=CCCOCCNC(=O)Nc1ccc(C(=O)O)c(O)c1. The number of carboxylic acids is 1. The van der Waals surface area contributed by atoms with Crippen molar-refractivity contribution < 1.29 is 24.5 Å². The molecule has 21 heavy (non-hydrogen) atoms. The first kappa shape index (κ1) is 16.5. The Morgan fingerprint density at radius 3 is 2.71 bits per heavy atom. The highest BCUT2D eigenvalue weighted by Gasteiger charge is 2.10. The van der Waals surface area contributed by atoms with Crippen LogP contribution in [-0.4, -0.2) is 42.0 Å². The second-order valence-corrected chi connectivity index (χ2v) is 4.11. The molecule has 114 valence electrons. The van der Waals surface area contributed by atoms with Gasteiger partial charge in [0, 0.05) is 18.3 Å². The number of carboxylic acid groups (broad SMARTS) is 1. The lowest BCUT2D eigenvalue weighted by atomic mass is 10.2. The van der Waals surface area contributed by atoms with Gasteiger partial charge in [-0.3, -0.25) is 0 Å². The number of anilines is 1. The van der Waals surface area contributed by atoms with E-state index in [9.17, 15) is 14.7 Å². The number of nitrogens with one attached hydrogen (secondary N) is 2. The van der Waals surface area contributed by atoms with Crippen molar-refractivity contribution in [3.63, 3.8) is 0 Å². The monoisotopic (exact) mass is 294 g/mol. The molecule has 0 heterocycles. The van der Waals surface area contributed by atoms with Gasteiger partial charge in [-0.15, -0.1) is 6.58 Å². The van der Waals surface area contributed by atoms with Crippen molar-refractivity contribution in [2.45, 2.75) is 6.42 Å². The van der Waals surface area contributed by atoms with E-state index in [-0.39, 0.29) is 5.56 Å². The summed E-state index contributed by atoms with van der Waals surface area (Å²) < 4.78 is 5.22. The summed E-state index contributed by atoms with van der Waals surface area (Å²) in [6, 6.07) is 3.31. The van der Waals surface area contributed by atoms with Crippen molar-refractivity contribution in [3.05, 3.63) is 36.4 Å². The van der Waals surface area contributed by atoms with Crippen molar-refractivity contribution >= 4 is 17.7 Å². The number of aromatic carboxylic acids is 1. The van der Waals surface area contributed by atoms with E-state index in [4.69, 9.17) is 9.84 Å². The Labute approximate surface area is 122 Å². The van der Waals surface area contributed by atoms with E-state index >= 15 is 0 Å². The lowest BCUT2D eigenvalue weighted by Crippen LogP contribution is -2.31. The molecule has 0 radical (unpaired) electrons. The molecule has 0 fully saturated rings. The molecule has 0 saturated carbocycles. The van der Waals surface area contributed by atoms with Crippen LogP contribution >= 0.6 is 0 Å². The van der Waals surface area contributed by atoms with Gasteiger partial charge in [-0.05, 0) is 18.6 Å². The van der Waals surface area contributed by atoms with Crippen LogP contribution < -0.4 is 10.6 Å². The molecule has 0 aromatic heterocycles. The standard InChI is InChI=1S/C14H18N2O5/c1-2-3-7-21-8-6-15-14(20)16-10-4-5-11(13(18)19)12(17)9-10/h2,4-5,9,17H,1,3,6-8H2,(H,18,19)(H2,15,16,20). The Hall–Kier alpha value is -2.54. The van der Waals surface area contributed by atoms with Gasteiger partial charge in [-0.2, -0.15) is 0 Å². The zero-order valence-electron chi connectivity index (χ0n) is 11.5. The molecular weight excluding hydrogens is 276 g/mol. The van der Waals surface area contributed by atoms with Gasteiger partial charge in [0.2, 0.25) is 0 Å². The van der Waals surface area contributed by atoms with Crippen LogP contribution in [0.2, 0.25) is 0 Å². The van der Waals surface area contributed by atoms with Crippen LogP contribution in [0.5, 0.6) is 5.75 Å². The van der Waals surface area contributed by atoms with Gasteiger partial charge in [-0.25, -0.2) is 9.59 Å². The zero-order chi connectivity index (χ0) is 15.7. The molecule has 0 aliphatic heterocycles. The summed E-state index contributed by atoms with van der Waals surface area (Å²) >= 11 is 0. The van der Waals surface area contributed by atoms with Crippen molar-refractivity contribution in [3.8, 4) is 5.75 Å². The summed E-state index contributed by atoms with van der Waals surface area (Å²) in [4.78, 5) is 22.3. The molecule has 0 bridgehead atoms. The molecule has 0 atom stereocenters. The normalized spacial score (nSPS) is 9.90. The van der Waals surface area contributed by atoms with Gasteiger partial charge in [0.1, 0.15) is 11.3 Å². The first-order valence-corrected chi connectivity index (χ1v) is 6.34. The Balaban J connectivity index is 2.36. The lowest BCUT2D eigenvalue weighted by molar-refractivity contribution is 0.0694. The summed E-state index contributed by atoms with van der Waals surface area (Å²) in [5.74, 6) is -1.65. The molecule has 0 spiro atoms. The van der Waals surface area contributed by atoms with Crippen molar-refractivity contribution in [1.82, 2.24) is 5.32 Å². The predicted octanol–water partition coefficient (Wildman–Crippen LogP) is 1.80. The minimum atomic E-state index is -1.24. The predicted molar refractivity (Wildman–Crippen MR) is 77.7 cm³/mol. The highest BCUT2D eigenvalue weighted by Crippen LogP contribution is 2.21. The molecule has 4 N–H and O–H groups in total. The van der Waals surface area contributed by atoms with Crippen LogP contribution in [0.3, 0.4) is 0 Å². The Morgan fingerprint density at radius 1 is 1.33 bits per heavy atom. The molecular formula is C14H18N2O5. The van der Waals surface area contributed by atoms with Crippen molar-refractivity contribution in [2.75, 3.05) is 25.1 Å². The van der Waals surface area contributed by atoms with E-state index in [1.165, 1.54) is 18.2 Å². The van der Waals surface area contributed by atoms with Gasteiger partial charge >= 0.3 is 12.0 Å². The maximum atomic E-state index is 11.5. The fourth-order valence-electron chi connectivity index (χ4n) is 1.47. The van der Waals surface area contributed by atoms with E-state index in [1.54, 1.807) is 6.08 Å². The number of amides is 2. The third kappa shape index (κ3) is 5.96. The molecule has 0 aliphatic carbocycles. The van der Waals surface area contributed by atoms with E-state index in [0.717, 1.165) is 6.42 Å². The van der Waals surface area contributed by atoms with Gasteiger partial charge in [-0.1, -0.05) is 6.08 Å². The first-order valence-electron chi connectivity index (χ1n) is 6.34. The molecule has 0 saturated heterocycles. The number of carbonyl (C=O) groups excluding carboxylic acids is 1. The van der Waals surface area contributed by atoms with Crippen LogP contribution in [-0.2, 0) is 4.74 Å². The Bertz CT molecular complexity index is 516. The minimum Gasteiger partial charge on any atom is -0.507 e. The molecule has 7 heteroatoms. The number of urea groups is 1. The maximum Gasteiger partial charge on any atom is 0.339 e. The van der Waals surface area contributed by atoms with Crippen LogP contribution in [0.25, 0.3) is 0 Å². The van der Waals surface area contributed by atoms with Crippen LogP contribution in [0.4, 0.5) is 10.5 Å². The number of benzene rings is 1. The van der Waals surface area contributed by atoms with Crippen molar-refractivity contribution in [2.24, 2.45) is 0 Å². The maximum absolute atomic E-state index is 11.5. The smallest absolute Gasteiger partial charge is 0.339 e. The minimum absolute atomic E-state index is 0.225. The van der Waals surface area contributed by atoms with Gasteiger partial charge in [0.15, 0.2) is 0 Å². The summed E-state index contributed by atoms with van der Waals surface area (Å²) in [6.07, 6.45) is 2.49. The fourth-order valence-corrected chi connectivity index (χ4v) is 1.47. The second-order valence-electron chi connectivity index (χ2n) is 4.11. The highest BCUT2D eigenvalue weighted by molar-refractivity contribution is 5.93. The average Bonchev–Trinajstić information content (AvgIpc) is 2.42. The quantitative estimate of drug-likeness (QED) is 0.432. The Kier molecular flexibility index (Phi) is 6.76. The second kappa shape index (κ2) is 8.60. The molecule has 0 aliphatic rings. The zero-order valence-corrected chi connectivity index (χ0v) is 11.5. The number of hydrogen-bond donors (Lipinski definition) is 4. The molecule has 1 rings (SSSR count). The number of hydrogen-bond acceptors (Lipinski definition) is 4. The highest BCUT2D eigenvalue weighted by atomic mass is 16.5. The molecule has 2 amide bonds. The topological polar surface area (TPSA) is 108 Å². The number of aromatic hydroxyl groups is 1. The third-order valence-electron chi connectivity index (χ3n) is 2.48. The van der Waals surface area contributed by atoms with E-state index in [1.807, 2.05) is 0 Å². The molecule has 0 unspecified atom stereocenters. The Morgan fingerprint density at radius 2 is 2.10 bits per heavy atom. The average molecular weight is 294 g/mol. The third-order valence-corrected chi connectivity index (χ3v) is 2.48. The number of carbonyl (C=O) groups is 2. The number of ether oxygens (including phenoxy) is 1. The van der Waals surface area contributed by atoms with Gasteiger partial charge < -0.3 is 25.6 Å². The summed E-state index contributed by atoms with van der Waals surface area (Å²) in [6.45, 7) is 4.83. The summed E-state index contributed by atoms with van der Waals surface area (Å²) in [5, 5.41) is 23.3. The number of rotatable bonds is 8. The van der Waals surface area contributed by atoms with Gasteiger partial charge in [0.25, 0.3) is 0 Å². The largest absolute Gasteiger partial charge is 0.507 e. The van der Waals surface area contributed by atoms with Crippen LogP contribution in [0.1, 0.15) is 16.8 Å². The summed E-state index contributed by atoms with van der Waals surface area (Å²) in [7, 11) is 0. The fraction of sp³-hybridized carbons (Fsp3) is 0.286. The van der Waals surface area contributed by atoms with E-state index < -0.39 is 17.7 Å². The molecule has 1 aromatic rings. The van der Waals surface area contributed by atoms with Gasteiger partial charge in [0.05, 0.1) is 13.2 Å². The first-order chi connectivity index (χ1) is 10.0.